The lowest BCUT2D eigenvalue weighted by molar-refractivity contribution is -0.137. The number of allylic oxidation sites excluding steroid dienone is 1. The molecule has 0 atom stereocenters. The van der Waals surface area contributed by atoms with Crippen LogP contribution in [0.25, 0.3) is 27.8 Å². The average Bonchev–Trinajstić information content (AvgIpc) is 3.09. The van der Waals surface area contributed by atoms with Gasteiger partial charge >= 0.3 is 6.18 Å². The minimum absolute atomic E-state index is 0.286. The molecule has 0 radical (unpaired) electrons. The van der Waals surface area contributed by atoms with E-state index in [2.05, 4.69) is 21.0 Å². The summed E-state index contributed by atoms with van der Waals surface area (Å²) < 4.78 is 42.1. The maximum absolute atomic E-state index is 12.9. The van der Waals surface area contributed by atoms with Gasteiger partial charge in [-0.1, -0.05) is 12.6 Å². The quantitative estimate of drug-likeness (QED) is 0.413. The molecule has 0 N–H and O–H groups in total. The van der Waals surface area contributed by atoms with Gasteiger partial charge in [-0.3, -0.25) is 14.3 Å². The first-order valence-corrected chi connectivity index (χ1v) is 10.9. The van der Waals surface area contributed by atoms with Gasteiger partial charge in [-0.25, -0.2) is 0 Å². The Kier molecular flexibility index (Phi) is 5.11. The van der Waals surface area contributed by atoms with Crippen molar-refractivity contribution in [3.63, 3.8) is 0 Å². The molecule has 1 aromatic carbocycles. The molecule has 0 amide bonds. The molecule has 3 aromatic heterocycles. The van der Waals surface area contributed by atoms with Crippen molar-refractivity contribution in [3.8, 4) is 16.9 Å². The molecule has 4 heterocycles. The zero-order valence-corrected chi connectivity index (χ0v) is 18.9. The van der Waals surface area contributed by atoms with Gasteiger partial charge in [0.25, 0.3) is 5.56 Å². The second kappa shape index (κ2) is 7.90. The van der Waals surface area contributed by atoms with Crippen LogP contribution < -0.4 is 5.56 Å². The number of alkyl halides is 3. The van der Waals surface area contributed by atoms with Crippen molar-refractivity contribution in [2.45, 2.75) is 26.1 Å². The van der Waals surface area contributed by atoms with Gasteiger partial charge in [-0.2, -0.15) is 13.2 Å². The lowest BCUT2D eigenvalue weighted by atomic mass is 10.0. The molecule has 174 valence electrons. The Morgan fingerprint density at radius 1 is 1.12 bits per heavy atom. The van der Waals surface area contributed by atoms with Crippen molar-refractivity contribution in [1.29, 1.82) is 0 Å². The van der Waals surface area contributed by atoms with Gasteiger partial charge in [0.05, 0.1) is 22.5 Å². The number of pyridine rings is 2. The zero-order valence-electron chi connectivity index (χ0n) is 18.9. The minimum Gasteiger partial charge on any atom is -0.371 e. The monoisotopic (exact) mass is 464 g/mol. The van der Waals surface area contributed by atoms with E-state index in [9.17, 15) is 18.0 Å². The fourth-order valence-electron chi connectivity index (χ4n) is 4.62. The summed E-state index contributed by atoms with van der Waals surface area (Å²) in [6.07, 6.45) is -1.12. The molecule has 8 heteroatoms. The number of aromatic nitrogens is 3. The molecule has 0 fully saturated rings. The van der Waals surface area contributed by atoms with E-state index in [-0.39, 0.29) is 5.56 Å². The van der Waals surface area contributed by atoms with E-state index >= 15 is 0 Å². The van der Waals surface area contributed by atoms with Crippen LogP contribution in [0.1, 0.15) is 23.7 Å². The number of fused-ring (bicyclic) bond motifs is 3. The minimum atomic E-state index is -4.45. The van der Waals surface area contributed by atoms with E-state index in [1.54, 1.807) is 12.3 Å². The topological polar surface area (TPSA) is 43.1 Å². The van der Waals surface area contributed by atoms with Crippen LogP contribution in [-0.4, -0.2) is 25.6 Å². The molecule has 0 aliphatic carbocycles. The molecule has 1 aliphatic heterocycles. The van der Waals surface area contributed by atoms with Gasteiger partial charge in [-0.05, 0) is 37.3 Å². The molecule has 5 rings (SSSR count). The van der Waals surface area contributed by atoms with Crippen molar-refractivity contribution < 1.29 is 13.2 Å². The number of nitrogens with zero attached hydrogens (tertiary/aromatic N) is 4. The fraction of sp³-hybridized carbons (Fsp3) is 0.231. The average molecular weight is 464 g/mol. The van der Waals surface area contributed by atoms with E-state index < -0.39 is 11.7 Å². The van der Waals surface area contributed by atoms with Crippen LogP contribution in [0.2, 0.25) is 0 Å². The molecule has 1 aliphatic rings. The molecule has 0 bridgehead atoms. The summed E-state index contributed by atoms with van der Waals surface area (Å²) >= 11 is 0. The summed E-state index contributed by atoms with van der Waals surface area (Å²) in [6.45, 7) is 7.84. The molecule has 0 saturated heterocycles. The third kappa shape index (κ3) is 3.69. The summed E-state index contributed by atoms with van der Waals surface area (Å²) in [5, 5.41) is 1.16. The van der Waals surface area contributed by atoms with Crippen molar-refractivity contribution in [3.05, 3.63) is 94.3 Å². The third-order valence-electron chi connectivity index (χ3n) is 6.51. The second-order valence-corrected chi connectivity index (χ2v) is 8.65. The maximum Gasteiger partial charge on any atom is 0.417 e. The van der Waals surface area contributed by atoms with Crippen LogP contribution in [0, 0.1) is 0 Å². The largest absolute Gasteiger partial charge is 0.417 e. The Morgan fingerprint density at radius 2 is 1.91 bits per heavy atom. The standard InChI is InChI=1S/C26H23F3N4O/c1-16(2)32-10-9-23-21(15-32)20-6-5-19(13-24(20)31(23)3)33-11-8-17(12-25(33)34)22-7-4-18(14-30-22)26(27,28)29/h4-8,11-14H,1,9-10,15H2,2-3H3. The van der Waals surface area contributed by atoms with Gasteiger partial charge < -0.3 is 9.47 Å². The molecule has 0 spiro atoms. The third-order valence-corrected chi connectivity index (χ3v) is 6.51. The summed E-state index contributed by atoms with van der Waals surface area (Å²) in [5.41, 5.74) is 5.06. The Bertz CT molecular complexity index is 1480. The first-order valence-electron chi connectivity index (χ1n) is 10.9. The number of aryl methyl sites for hydroxylation is 1. The summed E-state index contributed by atoms with van der Waals surface area (Å²) in [6, 6.07) is 11.3. The number of hydrogen-bond acceptors (Lipinski definition) is 3. The van der Waals surface area contributed by atoms with Crippen molar-refractivity contribution in [2.75, 3.05) is 6.54 Å². The number of rotatable bonds is 3. The van der Waals surface area contributed by atoms with Crippen LogP contribution in [0.4, 0.5) is 13.2 Å². The summed E-state index contributed by atoms with van der Waals surface area (Å²) in [5.74, 6) is 0. The van der Waals surface area contributed by atoms with Crippen molar-refractivity contribution in [2.24, 2.45) is 7.05 Å². The molecule has 5 nitrogen and oxygen atoms in total. The van der Waals surface area contributed by atoms with Crippen LogP contribution >= 0.6 is 0 Å². The molecule has 4 aromatic rings. The first-order chi connectivity index (χ1) is 16.1. The Balaban J connectivity index is 1.50. The normalized spacial score (nSPS) is 13.9. The molecular formula is C26H23F3N4O. The van der Waals surface area contributed by atoms with Crippen LogP contribution in [-0.2, 0) is 26.2 Å². The van der Waals surface area contributed by atoms with E-state index in [1.165, 1.54) is 28.0 Å². The zero-order chi connectivity index (χ0) is 24.2. The number of hydrogen-bond donors (Lipinski definition) is 0. The highest BCUT2D eigenvalue weighted by atomic mass is 19.4. The van der Waals surface area contributed by atoms with Crippen LogP contribution in [0.5, 0.6) is 0 Å². The SMILES string of the molecule is C=C(C)N1CCc2c(c3ccc(-n4ccc(-c5ccc(C(F)(F)F)cn5)cc4=O)cc3n2C)C1. The highest BCUT2D eigenvalue weighted by Crippen LogP contribution is 2.33. The molecule has 34 heavy (non-hydrogen) atoms. The highest BCUT2D eigenvalue weighted by Gasteiger charge is 2.30. The fourth-order valence-corrected chi connectivity index (χ4v) is 4.62. The number of halogens is 3. The number of benzene rings is 1. The van der Waals surface area contributed by atoms with E-state index in [0.29, 0.717) is 11.3 Å². The Labute approximate surface area is 194 Å². The summed E-state index contributed by atoms with van der Waals surface area (Å²) in [4.78, 5) is 19.1. The molecular weight excluding hydrogens is 441 g/mol. The highest BCUT2D eigenvalue weighted by molar-refractivity contribution is 5.87. The molecule has 0 unspecified atom stereocenters. The Morgan fingerprint density at radius 3 is 2.56 bits per heavy atom. The van der Waals surface area contributed by atoms with Crippen molar-refractivity contribution in [1.82, 2.24) is 19.0 Å². The Hall–Kier alpha value is -3.81. The van der Waals surface area contributed by atoms with Gasteiger partial charge in [0.1, 0.15) is 0 Å². The molecule has 0 saturated carbocycles. The van der Waals surface area contributed by atoms with Gasteiger partial charge in [0.15, 0.2) is 0 Å². The van der Waals surface area contributed by atoms with E-state index in [0.717, 1.165) is 54.1 Å². The predicted molar refractivity (Wildman–Crippen MR) is 126 cm³/mol. The summed E-state index contributed by atoms with van der Waals surface area (Å²) in [7, 11) is 2.05. The van der Waals surface area contributed by atoms with Crippen LogP contribution in [0.15, 0.2) is 71.9 Å². The smallest absolute Gasteiger partial charge is 0.371 e. The van der Waals surface area contributed by atoms with Gasteiger partial charge in [-0.15, -0.1) is 0 Å². The van der Waals surface area contributed by atoms with Crippen molar-refractivity contribution >= 4 is 10.9 Å². The van der Waals surface area contributed by atoms with Gasteiger partial charge in [0, 0.05) is 72.9 Å². The van der Waals surface area contributed by atoms with E-state index in [1.807, 2.05) is 32.2 Å². The lowest BCUT2D eigenvalue weighted by Gasteiger charge is -2.29. The lowest BCUT2D eigenvalue weighted by Crippen LogP contribution is -2.29. The van der Waals surface area contributed by atoms with Gasteiger partial charge in [0.2, 0.25) is 0 Å². The predicted octanol–water partition coefficient (Wildman–Crippen LogP) is 5.30. The van der Waals surface area contributed by atoms with E-state index in [4.69, 9.17) is 0 Å². The maximum atomic E-state index is 12.9. The first kappa shape index (κ1) is 22.0. The second-order valence-electron chi connectivity index (χ2n) is 8.65. The van der Waals surface area contributed by atoms with Crippen LogP contribution in [0.3, 0.4) is 0 Å².